The molecule has 300 valence electrons. The van der Waals surface area contributed by atoms with Crippen LogP contribution in [-0.2, 0) is 26.2 Å². The summed E-state index contributed by atoms with van der Waals surface area (Å²) in [4.78, 5) is 51.4. The molecule has 0 saturated heterocycles. The fourth-order valence-corrected chi connectivity index (χ4v) is 6.74. The molecule has 17 nitrogen and oxygen atoms in total. The number of rotatable bonds is 17. The lowest BCUT2D eigenvalue weighted by Crippen LogP contribution is -2.20. The standard InChI is InChI=1S/C40H50N12O5/c1-9-51-30(20-25(4)46-51)37(54)44-39-42-28-18-24(3)19-32(56-8)34(28)49(39)15-11-12-16-50-35-29(22-27(36(41)53)23-33(35)57-17-13-14-48(6)7)43-40(50)45-38(55)31-21-26(5)47-52(31)10-2/h11-12,18-23H,9-10,13-17H2,1-8H3,(H2,41,53)(H,42,44,54)(H,43,45,55)/b12-11+. The Labute approximate surface area is 330 Å². The van der Waals surface area contributed by atoms with Gasteiger partial charge in [-0.15, -0.1) is 0 Å². The molecule has 2 aromatic carbocycles. The molecule has 0 fully saturated rings. The minimum absolute atomic E-state index is 0.228. The predicted molar refractivity (Wildman–Crippen MR) is 218 cm³/mol. The Hall–Kier alpha value is -6.49. The fraction of sp³-hybridized carbons (Fsp3) is 0.375. The van der Waals surface area contributed by atoms with Crippen LogP contribution in [0.25, 0.3) is 22.1 Å². The van der Waals surface area contributed by atoms with Crippen LogP contribution in [0.4, 0.5) is 11.9 Å². The van der Waals surface area contributed by atoms with Gasteiger partial charge in [0.25, 0.3) is 11.8 Å². The van der Waals surface area contributed by atoms with E-state index in [1.54, 1.807) is 40.7 Å². The van der Waals surface area contributed by atoms with Crippen LogP contribution in [-0.4, -0.2) is 95.6 Å². The van der Waals surface area contributed by atoms with Gasteiger partial charge < -0.3 is 29.2 Å². The smallest absolute Gasteiger partial charge is 0.276 e. The SMILES string of the molecule is CCn1nc(C)cc1C(=O)Nc1nc2cc(C)cc(OC)c2n1C/C=C/Cn1c(NC(=O)c2cc(C)nn2CC)nc2cc(C(N)=O)cc(OCCCN(C)C)c21. The summed E-state index contributed by atoms with van der Waals surface area (Å²) in [6, 6.07) is 10.5. The van der Waals surface area contributed by atoms with E-state index in [2.05, 4.69) is 25.7 Å². The minimum Gasteiger partial charge on any atom is -0.494 e. The van der Waals surface area contributed by atoms with Gasteiger partial charge in [-0.3, -0.25) is 34.4 Å². The van der Waals surface area contributed by atoms with Crippen LogP contribution < -0.4 is 25.8 Å². The number of hydrogen-bond donors (Lipinski definition) is 3. The molecule has 0 unspecified atom stereocenters. The Balaban J connectivity index is 1.39. The van der Waals surface area contributed by atoms with Gasteiger partial charge in [0.15, 0.2) is 0 Å². The molecule has 0 bridgehead atoms. The van der Waals surface area contributed by atoms with Crippen LogP contribution in [0.1, 0.15) is 68.6 Å². The Kier molecular flexibility index (Phi) is 12.1. The summed E-state index contributed by atoms with van der Waals surface area (Å²) in [5.41, 5.74) is 11.5. The van der Waals surface area contributed by atoms with Crippen molar-refractivity contribution in [1.82, 2.24) is 43.6 Å². The molecule has 0 aliphatic heterocycles. The second-order valence-corrected chi connectivity index (χ2v) is 14.0. The highest BCUT2D eigenvalue weighted by Gasteiger charge is 2.23. The van der Waals surface area contributed by atoms with E-state index in [0.717, 1.165) is 24.2 Å². The van der Waals surface area contributed by atoms with Crippen LogP contribution in [0.3, 0.4) is 0 Å². The highest BCUT2D eigenvalue weighted by atomic mass is 16.5. The average molecular weight is 779 g/mol. The monoisotopic (exact) mass is 778 g/mol. The van der Waals surface area contributed by atoms with Crippen LogP contribution in [0.15, 0.2) is 48.6 Å². The largest absolute Gasteiger partial charge is 0.494 e. The molecule has 3 amide bonds. The van der Waals surface area contributed by atoms with E-state index in [0.29, 0.717) is 82.8 Å². The number of amides is 3. The number of anilines is 2. The lowest BCUT2D eigenvalue weighted by atomic mass is 10.1. The molecule has 6 rings (SSSR count). The van der Waals surface area contributed by atoms with Crippen molar-refractivity contribution in [3.63, 3.8) is 0 Å². The number of nitrogens with one attached hydrogen (secondary N) is 2. The number of imidazole rings is 2. The lowest BCUT2D eigenvalue weighted by molar-refractivity contribution is 0.0994. The van der Waals surface area contributed by atoms with Crippen LogP contribution in [0, 0.1) is 20.8 Å². The molecular weight excluding hydrogens is 729 g/mol. The summed E-state index contributed by atoms with van der Waals surface area (Å²) in [6.45, 7) is 12.2. The van der Waals surface area contributed by atoms with E-state index >= 15 is 0 Å². The number of nitrogens with two attached hydrogens (primary N) is 1. The van der Waals surface area contributed by atoms with E-state index < -0.39 is 11.8 Å². The van der Waals surface area contributed by atoms with Crippen molar-refractivity contribution in [2.24, 2.45) is 5.73 Å². The summed E-state index contributed by atoms with van der Waals surface area (Å²) in [7, 11) is 5.57. The van der Waals surface area contributed by atoms with Gasteiger partial charge in [-0.05, 0) is 97.1 Å². The molecule has 0 radical (unpaired) electrons. The summed E-state index contributed by atoms with van der Waals surface area (Å²) >= 11 is 0. The normalized spacial score (nSPS) is 11.7. The third-order valence-corrected chi connectivity index (χ3v) is 9.33. The maximum Gasteiger partial charge on any atom is 0.276 e. The van der Waals surface area contributed by atoms with Crippen LogP contribution >= 0.6 is 0 Å². The van der Waals surface area contributed by atoms with E-state index in [4.69, 9.17) is 25.2 Å². The van der Waals surface area contributed by atoms with E-state index in [9.17, 15) is 14.4 Å². The van der Waals surface area contributed by atoms with Gasteiger partial charge in [-0.1, -0.05) is 12.2 Å². The zero-order valence-electron chi connectivity index (χ0n) is 33.7. The van der Waals surface area contributed by atoms with Gasteiger partial charge in [0.2, 0.25) is 17.8 Å². The number of ether oxygens (including phenoxy) is 2. The zero-order chi connectivity index (χ0) is 41.0. The first kappa shape index (κ1) is 40.2. The summed E-state index contributed by atoms with van der Waals surface area (Å²) in [6.07, 6.45) is 4.58. The molecule has 4 N–H and O–H groups in total. The number of carbonyl (C=O) groups excluding carboxylic acids is 3. The maximum atomic E-state index is 13.7. The first-order chi connectivity index (χ1) is 27.3. The molecule has 57 heavy (non-hydrogen) atoms. The van der Waals surface area contributed by atoms with Gasteiger partial charge in [0, 0.05) is 38.3 Å². The number of fused-ring (bicyclic) bond motifs is 2. The summed E-state index contributed by atoms with van der Waals surface area (Å²) in [5.74, 6) is 0.217. The number of aromatic nitrogens is 8. The lowest BCUT2D eigenvalue weighted by Gasteiger charge is -2.14. The molecule has 0 aliphatic carbocycles. The van der Waals surface area contributed by atoms with Crippen molar-refractivity contribution in [3.05, 3.63) is 82.5 Å². The van der Waals surface area contributed by atoms with E-state index in [1.807, 2.05) is 82.1 Å². The van der Waals surface area contributed by atoms with Crippen molar-refractivity contribution < 1.29 is 23.9 Å². The quantitative estimate of drug-likeness (QED) is 0.0843. The topological polar surface area (TPSA) is 194 Å². The number of primary amides is 1. The van der Waals surface area contributed by atoms with Gasteiger partial charge >= 0.3 is 0 Å². The van der Waals surface area contributed by atoms with Crippen molar-refractivity contribution in [2.45, 2.75) is 67.2 Å². The minimum atomic E-state index is -0.632. The summed E-state index contributed by atoms with van der Waals surface area (Å²) < 4.78 is 19.0. The van der Waals surface area contributed by atoms with Crippen molar-refractivity contribution in [1.29, 1.82) is 0 Å². The Bertz CT molecular complexity index is 2480. The number of methoxy groups -OCH3 is 1. The molecule has 0 saturated carbocycles. The summed E-state index contributed by atoms with van der Waals surface area (Å²) in [5, 5.41) is 14.8. The molecule has 4 heterocycles. The molecule has 0 atom stereocenters. The molecular formula is C40H50N12O5. The van der Waals surface area contributed by atoms with Gasteiger partial charge in [0.05, 0.1) is 36.1 Å². The number of aryl methyl sites for hydroxylation is 5. The molecule has 4 aromatic heterocycles. The van der Waals surface area contributed by atoms with Crippen molar-refractivity contribution >= 4 is 51.7 Å². The predicted octanol–water partition coefficient (Wildman–Crippen LogP) is 4.94. The highest BCUT2D eigenvalue weighted by Crippen LogP contribution is 2.33. The van der Waals surface area contributed by atoms with Gasteiger partial charge in [-0.2, -0.15) is 10.2 Å². The Morgan fingerprint density at radius 3 is 1.79 bits per heavy atom. The maximum absolute atomic E-state index is 13.7. The first-order valence-corrected chi connectivity index (χ1v) is 18.8. The van der Waals surface area contributed by atoms with Gasteiger partial charge in [0.1, 0.15) is 33.9 Å². The van der Waals surface area contributed by atoms with Crippen molar-refractivity contribution in [2.75, 3.05) is 45.0 Å². The molecule has 6 aromatic rings. The molecule has 0 aliphatic rings. The third-order valence-electron chi connectivity index (χ3n) is 9.33. The average Bonchev–Trinajstić information content (AvgIpc) is 3.93. The highest BCUT2D eigenvalue weighted by molar-refractivity contribution is 6.05. The van der Waals surface area contributed by atoms with E-state index in [-0.39, 0.29) is 24.0 Å². The number of carbonyl (C=O) groups is 3. The van der Waals surface area contributed by atoms with E-state index in [1.165, 1.54) is 0 Å². The Morgan fingerprint density at radius 2 is 1.30 bits per heavy atom. The number of benzene rings is 2. The third kappa shape index (κ3) is 8.67. The second kappa shape index (κ2) is 17.1. The fourth-order valence-electron chi connectivity index (χ4n) is 6.74. The van der Waals surface area contributed by atoms with Crippen molar-refractivity contribution in [3.8, 4) is 11.5 Å². The first-order valence-electron chi connectivity index (χ1n) is 18.8. The second-order valence-electron chi connectivity index (χ2n) is 14.0. The Morgan fingerprint density at radius 1 is 0.772 bits per heavy atom. The number of nitrogens with zero attached hydrogens (tertiary/aromatic N) is 9. The van der Waals surface area contributed by atoms with Gasteiger partial charge in [-0.25, -0.2) is 9.97 Å². The van der Waals surface area contributed by atoms with Crippen LogP contribution in [0.2, 0.25) is 0 Å². The molecule has 0 spiro atoms. The molecule has 17 heteroatoms. The number of allylic oxidation sites excluding steroid dienone is 2. The van der Waals surface area contributed by atoms with Crippen LogP contribution in [0.5, 0.6) is 11.5 Å². The zero-order valence-corrected chi connectivity index (χ0v) is 33.7. The number of hydrogen-bond acceptors (Lipinski definition) is 10.